The van der Waals surface area contributed by atoms with Crippen LogP contribution in [0, 0.1) is 0 Å². The second-order valence-electron chi connectivity index (χ2n) is 8.10. The zero-order chi connectivity index (χ0) is 27.2. The predicted molar refractivity (Wildman–Crippen MR) is 145 cm³/mol. The number of thioether (sulfide) groups is 1. The van der Waals surface area contributed by atoms with Crippen LogP contribution < -0.4 is 10.0 Å². The van der Waals surface area contributed by atoms with Crippen LogP contribution in [0.4, 0.5) is 11.5 Å². The van der Waals surface area contributed by atoms with E-state index >= 15 is 0 Å². The number of anilines is 2. The molecule has 13 heteroatoms. The Morgan fingerprint density at radius 3 is 2.26 bits per heavy atom. The summed E-state index contributed by atoms with van der Waals surface area (Å²) in [5.74, 6) is 0.899. The lowest BCUT2D eigenvalue weighted by molar-refractivity contribution is -0.115. The van der Waals surface area contributed by atoms with Crippen LogP contribution in [0.25, 0.3) is 22.9 Å². The largest absolute Gasteiger partial charge is 0.463 e. The van der Waals surface area contributed by atoms with Gasteiger partial charge in [0.05, 0.1) is 22.7 Å². The Labute approximate surface area is 228 Å². The molecule has 0 saturated heterocycles. The number of sulfonamides is 1. The first-order valence-electron chi connectivity index (χ1n) is 11.8. The zero-order valence-corrected chi connectivity index (χ0v) is 22.1. The molecule has 0 spiro atoms. The van der Waals surface area contributed by atoms with Crippen molar-refractivity contribution in [1.29, 1.82) is 0 Å². The fraction of sp³-hybridized carbons (Fsp3) is 0.115. The molecule has 1 amide bonds. The summed E-state index contributed by atoms with van der Waals surface area (Å²) in [5, 5.41) is 11.1. The summed E-state index contributed by atoms with van der Waals surface area (Å²) in [6, 6.07) is 17.8. The van der Waals surface area contributed by atoms with Crippen LogP contribution in [-0.2, 0) is 14.8 Å². The molecule has 39 heavy (non-hydrogen) atoms. The summed E-state index contributed by atoms with van der Waals surface area (Å²) in [5.41, 5.74) is 1.31. The maximum atomic E-state index is 13.1. The summed E-state index contributed by atoms with van der Waals surface area (Å²) in [6.07, 6.45) is 5.03. The van der Waals surface area contributed by atoms with Crippen LogP contribution in [0.3, 0.4) is 0 Å². The van der Waals surface area contributed by atoms with Crippen molar-refractivity contribution >= 4 is 39.2 Å². The number of rotatable bonds is 10. The van der Waals surface area contributed by atoms with Gasteiger partial charge in [-0.05, 0) is 67.1 Å². The number of carbonyl (C=O) groups excluding carboxylic acids is 1. The molecular weight excluding hydrogens is 540 g/mol. The molecule has 0 bridgehead atoms. The fourth-order valence-corrected chi connectivity index (χ4v) is 5.36. The van der Waals surface area contributed by atoms with Crippen molar-refractivity contribution in [2.24, 2.45) is 0 Å². The number of aromatic nitrogens is 4. The van der Waals surface area contributed by atoms with Crippen molar-refractivity contribution in [3.8, 4) is 22.9 Å². The first-order valence-corrected chi connectivity index (χ1v) is 14.1. The number of hydrogen-bond donors (Lipinski definition) is 2. The Morgan fingerprint density at radius 1 is 0.923 bits per heavy atom. The monoisotopic (exact) mass is 562 g/mol. The standard InChI is InChI=1S/C26H22N6O5S2/c1-2-21(38-26-29-23(19-7-5-15-36-19)24(30-31-26)20-8-6-16-37-20)25(33)28-17-10-12-18(13-11-17)39(34,35)32-22-9-3-4-14-27-22/h3-16,21H,2H2,1H3,(H,27,32)(H,28,33). The molecule has 0 aliphatic heterocycles. The van der Waals surface area contributed by atoms with Crippen LogP contribution in [0.5, 0.6) is 0 Å². The molecule has 1 aromatic carbocycles. The molecule has 1 unspecified atom stereocenters. The first-order chi connectivity index (χ1) is 18.9. The Hall–Kier alpha value is -4.49. The van der Waals surface area contributed by atoms with Gasteiger partial charge in [-0.25, -0.2) is 18.4 Å². The topological polar surface area (TPSA) is 153 Å². The average molecular weight is 563 g/mol. The quantitative estimate of drug-likeness (QED) is 0.220. The van der Waals surface area contributed by atoms with Gasteiger partial charge in [-0.2, -0.15) is 0 Å². The van der Waals surface area contributed by atoms with Crippen molar-refractivity contribution in [1.82, 2.24) is 20.2 Å². The summed E-state index contributed by atoms with van der Waals surface area (Å²) in [7, 11) is -3.83. The zero-order valence-electron chi connectivity index (χ0n) is 20.5. The van der Waals surface area contributed by atoms with Crippen LogP contribution in [0.2, 0.25) is 0 Å². The van der Waals surface area contributed by atoms with Gasteiger partial charge in [0, 0.05) is 11.9 Å². The third-order valence-electron chi connectivity index (χ3n) is 5.42. The lowest BCUT2D eigenvalue weighted by atomic mass is 10.2. The van der Waals surface area contributed by atoms with E-state index in [0.717, 1.165) is 11.8 Å². The number of pyridine rings is 1. The Kier molecular flexibility index (Phi) is 7.70. The highest BCUT2D eigenvalue weighted by Crippen LogP contribution is 2.32. The van der Waals surface area contributed by atoms with Gasteiger partial charge >= 0.3 is 0 Å². The van der Waals surface area contributed by atoms with Gasteiger partial charge in [0.15, 0.2) is 17.2 Å². The number of benzene rings is 1. The van der Waals surface area contributed by atoms with E-state index < -0.39 is 15.3 Å². The number of carbonyl (C=O) groups is 1. The SMILES string of the molecule is CCC(Sc1nnc(-c2ccco2)c(-c2ccco2)n1)C(=O)Nc1ccc(S(=O)(=O)Nc2ccccn2)cc1. The van der Waals surface area contributed by atoms with Crippen LogP contribution in [-0.4, -0.2) is 39.7 Å². The summed E-state index contributed by atoms with van der Waals surface area (Å²) in [4.78, 5) is 21.7. The molecule has 0 aliphatic rings. The second kappa shape index (κ2) is 11.5. The molecule has 4 aromatic heterocycles. The molecule has 5 rings (SSSR count). The molecule has 2 N–H and O–H groups in total. The van der Waals surface area contributed by atoms with E-state index in [1.165, 1.54) is 43.0 Å². The number of furan rings is 2. The van der Waals surface area contributed by atoms with Crippen molar-refractivity contribution in [3.05, 3.63) is 85.5 Å². The highest BCUT2D eigenvalue weighted by molar-refractivity contribution is 8.00. The van der Waals surface area contributed by atoms with E-state index in [1.54, 1.807) is 42.5 Å². The van der Waals surface area contributed by atoms with Gasteiger partial charge < -0.3 is 14.2 Å². The van der Waals surface area contributed by atoms with Crippen molar-refractivity contribution in [2.75, 3.05) is 10.0 Å². The average Bonchev–Trinajstić information content (AvgIpc) is 3.67. The van der Waals surface area contributed by atoms with Gasteiger partial charge in [0.1, 0.15) is 11.5 Å². The van der Waals surface area contributed by atoms with Crippen molar-refractivity contribution in [3.63, 3.8) is 0 Å². The number of nitrogens with one attached hydrogen (secondary N) is 2. The van der Waals surface area contributed by atoms with E-state index in [4.69, 9.17) is 8.83 Å². The summed E-state index contributed by atoms with van der Waals surface area (Å²) < 4.78 is 38.7. The Bertz CT molecular complexity index is 1640. The lowest BCUT2D eigenvalue weighted by Crippen LogP contribution is -2.25. The van der Waals surface area contributed by atoms with E-state index in [2.05, 4.69) is 30.2 Å². The fourth-order valence-electron chi connectivity index (χ4n) is 3.53. The molecular formula is C26H22N6O5S2. The Morgan fingerprint density at radius 2 is 1.64 bits per heavy atom. The second-order valence-corrected chi connectivity index (χ2v) is 10.9. The molecule has 5 aromatic rings. The van der Waals surface area contributed by atoms with E-state index in [1.807, 2.05) is 6.92 Å². The third-order valence-corrected chi connectivity index (χ3v) is 8.01. The lowest BCUT2D eigenvalue weighted by Gasteiger charge is -2.14. The Balaban J connectivity index is 1.29. The molecule has 0 fully saturated rings. The normalized spacial score (nSPS) is 12.1. The molecule has 0 radical (unpaired) electrons. The number of amides is 1. The molecule has 0 saturated carbocycles. The highest BCUT2D eigenvalue weighted by atomic mass is 32.2. The number of hydrogen-bond acceptors (Lipinski definition) is 10. The third kappa shape index (κ3) is 6.16. The van der Waals surface area contributed by atoms with Crippen LogP contribution in [0.15, 0.2) is 104 Å². The van der Waals surface area contributed by atoms with E-state index in [-0.39, 0.29) is 16.6 Å². The molecule has 198 valence electrons. The molecule has 4 heterocycles. The molecule has 1 atom stereocenters. The summed E-state index contributed by atoms with van der Waals surface area (Å²) in [6.45, 7) is 1.87. The van der Waals surface area contributed by atoms with E-state index in [0.29, 0.717) is 40.2 Å². The predicted octanol–water partition coefficient (Wildman–Crippen LogP) is 5.10. The first kappa shape index (κ1) is 26.1. The highest BCUT2D eigenvalue weighted by Gasteiger charge is 2.23. The van der Waals surface area contributed by atoms with Gasteiger partial charge in [-0.1, -0.05) is 24.8 Å². The minimum Gasteiger partial charge on any atom is -0.463 e. The molecule has 0 aliphatic carbocycles. The summed E-state index contributed by atoms with van der Waals surface area (Å²) >= 11 is 1.16. The minimum absolute atomic E-state index is 0.0362. The maximum Gasteiger partial charge on any atom is 0.263 e. The number of nitrogens with zero attached hydrogens (tertiary/aromatic N) is 4. The van der Waals surface area contributed by atoms with Gasteiger partial charge in [-0.3, -0.25) is 9.52 Å². The van der Waals surface area contributed by atoms with E-state index in [9.17, 15) is 13.2 Å². The smallest absolute Gasteiger partial charge is 0.263 e. The van der Waals surface area contributed by atoms with Crippen molar-refractivity contribution in [2.45, 2.75) is 28.6 Å². The van der Waals surface area contributed by atoms with Crippen molar-refractivity contribution < 1.29 is 22.0 Å². The van der Waals surface area contributed by atoms with Crippen LogP contribution >= 0.6 is 11.8 Å². The van der Waals surface area contributed by atoms with Gasteiger partial charge in [0.25, 0.3) is 10.0 Å². The van der Waals surface area contributed by atoms with Gasteiger partial charge in [-0.15, -0.1) is 10.2 Å². The van der Waals surface area contributed by atoms with Crippen LogP contribution in [0.1, 0.15) is 13.3 Å². The molecule has 11 nitrogen and oxygen atoms in total. The van der Waals surface area contributed by atoms with Gasteiger partial charge in [0.2, 0.25) is 11.1 Å². The maximum absolute atomic E-state index is 13.1. The minimum atomic E-state index is -3.83.